The summed E-state index contributed by atoms with van der Waals surface area (Å²) in [5, 5.41) is 3.27. The van der Waals surface area contributed by atoms with Gasteiger partial charge in [0.05, 0.1) is 10.6 Å². The van der Waals surface area contributed by atoms with Crippen LogP contribution >= 0.6 is 11.3 Å². The minimum absolute atomic E-state index is 0.0459. The second-order valence-electron chi connectivity index (χ2n) is 4.92. The Morgan fingerprint density at radius 2 is 1.95 bits per heavy atom. The number of benzene rings is 1. The van der Waals surface area contributed by atoms with E-state index < -0.39 is 0 Å². The standard InChI is InChI=1S/C16H18N2O2S/c1-4-10(2)15(20)18-16-17-13(14(21-16)11(3)19)12-8-6-5-7-9-12/h5-10H,4H2,1-3H3,(H,17,18,20). The normalized spacial score (nSPS) is 12.0. The quantitative estimate of drug-likeness (QED) is 0.849. The van der Waals surface area contributed by atoms with E-state index in [1.807, 2.05) is 44.2 Å². The van der Waals surface area contributed by atoms with Crippen LogP contribution in [-0.4, -0.2) is 16.7 Å². The van der Waals surface area contributed by atoms with E-state index in [2.05, 4.69) is 10.3 Å². The summed E-state index contributed by atoms with van der Waals surface area (Å²) in [6, 6.07) is 9.52. The van der Waals surface area contributed by atoms with Crippen LogP contribution in [0.15, 0.2) is 30.3 Å². The van der Waals surface area contributed by atoms with E-state index in [1.54, 1.807) is 0 Å². The molecule has 1 atom stereocenters. The van der Waals surface area contributed by atoms with Crippen molar-refractivity contribution in [2.24, 2.45) is 5.92 Å². The molecule has 0 fully saturated rings. The van der Waals surface area contributed by atoms with Crippen molar-refractivity contribution in [3.63, 3.8) is 0 Å². The number of ketones is 1. The number of rotatable bonds is 5. The van der Waals surface area contributed by atoms with Gasteiger partial charge in [-0.05, 0) is 6.42 Å². The van der Waals surface area contributed by atoms with E-state index in [9.17, 15) is 9.59 Å². The highest BCUT2D eigenvalue weighted by molar-refractivity contribution is 7.18. The van der Waals surface area contributed by atoms with Gasteiger partial charge in [0.25, 0.3) is 0 Å². The average molecular weight is 302 g/mol. The number of thiazole rings is 1. The van der Waals surface area contributed by atoms with Crippen molar-refractivity contribution < 1.29 is 9.59 Å². The molecule has 0 bridgehead atoms. The number of carbonyl (C=O) groups is 2. The van der Waals surface area contributed by atoms with Crippen molar-refractivity contribution in [1.29, 1.82) is 0 Å². The van der Waals surface area contributed by atoms with Crippen LogP contribution in [0.1, 0.15) is 36.9 Å². The number of amides is 1. The first-order valence-electron chi connectivity index (χ1n) is 6.91. The lowest BCUT2D eigenvalue weighted by Crippen LogP contribution is -2.19. The Labute approximate surface area is 128 Å². The second kappa shape index (κ2) is 6.63. The van der Waals surface area contributed by atoms with Gasteiger partial charge in [-0.3, -0.25) is 9.59 Å². The van der Waals surface area contributed by atoms with Crippen LogP contribution in [0, 0.1) is 5.92 Å². The summed E-state index contributed by atoms with van der Waals surface area (Å²) >= 11 is 1.23. The Morgan fingerprint density at radius 3 is 2.52 bits per heavy atom. The molecule has 0 aliphatic rings. The number of Topliss-reactive ketones (excluding diaryl/α,β-unsaturated/α-hetero) is 1. The largest absolute Gasteiger partial charge is 0.302 e. The van der Waals surface area contributed by atoms with Gasteiger partial charge in [0.15, 0.2) is 10.9 Å². The first-order valence-corrected chi connectivity index (χ1v) is 7.72. The van der Waals surface area contributed by atoms with Gasteiger partial charge in [-0.15, -0.1) is 0 Å². The number of hydrogen-bond donors (Lipinski definition) is 1. The summed E-state index contributed by atoms with van der Waals surface area (Å²) in [5.41, 5.74) is 1.51. The van der Waals surface area contributed by atoms with Crippen LogP contribution in [0.5, 0.6) is 0 Å². The third-order valence-corrected chi connectivity index (χ3v) is 4.36. The molecule has 1 heterocycles. The van der Waals surface area contributed by atoms with Gasteiger partial charge in [0.2, 0.25) is 5.91 Å². The molecule has 0 aliphatic carbocycles. The molecule has 0 saturated carbocycles. The zero-order valence-electron chi connectivity index (χ0n) is 12.3. The first-order chi connectivity index (χ1) is 10.0. The molecule has 1 N–H and O–H groups in total. The SMILES string of the molecule is CCC(C)C(=O)Nc1nc(-c2ccccc2)c(C(C)=O)s1. The average Bonchev–Trinajstić information content (AvgIpc) is 2.91. The van der Waals surface area contributed by atoms with E-state index >= 15 is 0 Å². The van der Waals surface area contributed by atoms with Crippen molar-refractivity contribution in [2.45, 2.75) is 27.2 Å². The molecule has 0 aliphatic heterocycles. The monoisotopic (exact) mass is 302 g/mol. The maximum Gasteiger partial charge on any atom is 0.228 e. The highest BCUT2D eigenvalue weighted by Gasteiger charge is 2.19. The van der Waals surface area contributed by atoms with Gasteiger partial charge >= 0.3 is 0 Å². The van der Waals surface area contributed by atoms with E-state index in [1.165, 1.54) is 18.3 Å². The maximum absolute atomic E-state index is 11.9. The summed E-state index contributed by atoms with van der Waals surface area (Å²) in [5.74, 6) is -0.189. The van der Waals surface area contributed by atoms with Gasteiger partial charge in [-0.1, -0.05) is 55.5 Å². The fraction of sp³-hybridized carbons (Fsp3) is 0.312. The lowest BCUT2D eigenvalue weighted by Gasteiger charge is -2.06. The van der Waals surface area contributed by atoms with Crippen molar-refractivity contribution >= 4 is 28.2 Å². The van der Waals surface area contributed by atoms with Crippen LogP contribution in [0.2, 0.25) is 0 Å². The number of nitrogens with zero attached hydrogens (tertiary/aromatic N) is 1. The van der Waals surface area contributed by atoms with Gasteiger partial charge < -0.3 is 5.32 Å². The first kappa shape index (κ1) is 15.4. The smallest absolute Gasteiger partial charge is 0.228 e. The fourth-order valence-corrected chi connectivity index (χ4v) is 2.70. The summed E-state index contributed by atoms with van der Waals surface area (Å²) < 4.78 is 0. The van der Waals surface area contributed by atoms with Crippen molar-refractivity contribution in [1.82, 2.24) is 4.98 Å². The van der Waals surface area contributed by atoms with Gasteiger partial charge in [-0.2, -0.15) is 0 Å². The van der Waals surface area contributed by atoms with Crippen LogP contribution in [0.3, 0.4) is 0 Å². The molecule has 0 radical (unpaired) electrons. The number of hydrogen-bond acceptors (Lipinski definition) is 4. The van der Waals surface area contributed by atoms with Crippen molar-refractivity contribution in [3.05, 3.63) is 35.2 Å². The number of nitrogens with one attached hydrogen (secondary N) is 1. The molecular formula is C16H18N2O2S. The molecule has 5 heteroatoms. The number of carbonyl (C=O) groups excluding carboxylic acids is 2. The van der Waals surface area contributed by atoms with Crippen molar-refractivity contribution in [3.8, 4) is 11.3 Å². The van der Waals surface area contributed by atoms with E-state index in [0.29, 0.717) is 15.7 Å². The summed E-state index contributed by atoms with van der Waals surface area (Å²) in [6.45, 7) is 5.34. The maximum atomic E-state index is 11.9. The highest BCUT2D eigenvalue weighted by atomic mass is 32.1. The van der Waals surface area contributed by atoms with E-state index in [-0.39, 0.29) is 17.6 Å². The second-order valence-corrected chi connectivity index (χ2v) is 5.92. The Hall–Kier alpha value is -2.01. The molecule has 0 saturated heterocycles. The topological polar surface area (TPSA) is 59.1 Å². The van der Waals surface area contributed by atoms with Crippen LogP contribution in [0.4, 0.5) is 5.13 Å². The molecule has 21 heavy (non-hydrogen) atoms. The van der Waals surface area contributed by atoms with Gasteiger partial charge in [-0.25, -0.2) is 4.98 Å². The van der Waals surface area contributed by atoms with Crippen molar-refractivity contribution in [2.75, 3.05) is 5.32 Å². The Balaban J connectivity index is 2.34. The summed E-state index contributed by atoms with van der Waals surface area (Å²) in [7, 11) is 0. The number of aromatic nitrogens is 1. The van der Waals surface area contributed by atoms with Gasteiger partial charge in [0, 0.05) is 18.4 Å². The Morgan fingerprint density at radius 1 is 1.29 bits per heavy atom. The number of anilines is 1. The minimum Gasteiger partial charge on any atom is -0.302 e. The third kappa shape index (κ3) is 3.55. The van der Waals surface area contributed by atoms with Crippen LogP contribution < -0.4 is 5.32 Å². The third-order valence-electron chi connectivity index (χ3n) is 3.28. The summed E-state index contributed by atoms with van der Waals surface area (Å²) in [6.07, 6.45) is 0.766. The fourth-order valence-electron chi connectivity index (χ4n) is 1.82. The molecule has 2 rings (SSSR count). The molecular weight excluding hydrogens is 284 g/mol. The van der Waals surface area contributed by atoms with E-state index in [0.717, 1.165) is 12.0 Å². The van der Waals surface area contributed by atoms with Gasteiger partial charge in [0.1, 0.15) is 0 Å². The predicted octanol–water partition coefficient (Wildman–Crippen LogP) is 4.00. The predicted molar refractivity (Wildman–Crippen MR) is 85.6 cm³/mol. The molecule has 4 nitrogen and oxygen atoms in total. The lowest BCUT2D eigenvalue weighted by atomic mass is 10.1. The van der Waals surface area contributed by atoms with Crippen LogP contribution in [-0.2, 0) is 4.79 Å². The molecule has 110 valence electrons. The molecule has 1 aromatic heterocycles. The molecule has 1 unspecified atom stereocenters. The molecule has 0 spiro atoms. The molecule has 1 aromatic carbocycles. The minimum atomic E-state index is -0.0742. The van der Waals surface area contributed by atoms with E-state index in [4.69, 9.17) is 0 Å². The molecule has 1 amide bonds. The zero-order chi connectivity index (χ0) is 15.4. The summed E-state index contributed by atoms with van der Waals surface area (Å²) in [4.78, 5) is 28.7. The highest BCUT2D eigenvalue weighted by Crippen LogP contribution is 2.31. The Bertz CT molecular complexity index is 650. The molecule has 2 aromatic rings. The van der Waals surface area contributed by atoms with Crippen LogP contribution in [0.25, 0.3) is 11.3 Å². The lowest BCUT2D eigenvalue weighted by molar-refractivity contribution is -0.119. The Kier molecular flexibility index (Phi) is 4.85. The zero-order valence-corrected chi connectivity index (χ0v) is 13.2.